The van der Waals surface area contributed by atoms with Crippen LogP contribution >= 0.6 is 11.8 Å². The summed E-state index contributed by atoms with van der Waals surface area (Å²) in [5.74, 6) is 0. The zero-order valence-corrected chi connectivity index (χ0v) is 14.3. The van der Waals surface area contributed by atoms with Gasteiger partial charge < -0.3 is 5.32 Å². The maximum Gasteiger partial charge on any atom is 0.104 e. The topological polar surface area (TPSA) is 35.8 Å². The van der Waals surface area contributed by atoms with Crippen LogP contribution < -0.4 is 5.32 Å². The van der Waals surface area contributed by atoms with Gasteiger partial charge >= 0.3 is 0 Å². The molecule has 1 aromatic rings. The van der Waals surface area contributed by atoms with Crippen molar-refractivity contribution in [1.82, 2.24) is 5.32 Å². The average molecular weight is 290 g/mol. The number of nitrogens with one attached hydrogen (secondary N) is 1. The fourth-order valence-electron chi connectivity index (χ4n) is 2.09. The van der Waals surface area contributed by atoms with Crippen molar-refractivity contribution in [3.63, 3.8) is 0 Å². The highest BCUT2D eigenvalue weighted by Crippen LogP contribution is 2.30. The quantitative estimate of drug-likeness (QED) is 0.819. The van der Waals surface area contributed by atoms with Crippen LogP contribution in [0.25, 0.3) is 0 Å². The molecule has 0 fully saturated rings. The van der Waals surface area contributed by atoms with Gasteiger partial charge in [-0.2, -0.15) is 5.26 Å². The minimum absolute atomic E-state index is 0.195. The van der Waals surface area contributed by atoms with E-state index in [1.807, 2.05) is 25.7 Å². The molecule has 0 radical (unpaired) electrons. The van der Waals surface area contributed by atoms with Crippen LogP contribution in [0, 0.1) is 11.3 Å². The van der Waals surface area contributed by atoms with Gasteiger partial charge in [-0.15, -0.1) is 11.8 Å². The van der Waals surface area contributed by atoms with Crippen LogP contribution in [-0.2, 0) is 5.41 Å². The van der Waals surface area contributed by atoms with Crippen molar-refractivity contribution >= 4 is 11.8 Å². The van der Waals surface area contributed by atoms with E-state index in [1.54, 1.807) is 0 Å². The largest absolute Gasteiger partial charge is 0.303 e. The van der Waals surface area contributed by atoms with Gasteiger partial charge in [0.05, 0.1) is 6.07 Å². The molecule has 20 heavy (non-hydrogen) atoms. The van der Waals surface area contributed by atoms with Gasteiger partial charge in [-0.05, 0) is 43.5 Å². The predicted molar refractivity (Wildman–Crippen MR) is 88.2 cm³/mol. The molecule has 0 spiro atoms. The summed E-state index contributed by atoms with van der Waals surface area (Å²) in [5, 5.41) is 12.7. The number of hydrogen-bond donors (Lipinski definition) is 1. The molecule has 2 atom stereocenters. The lowest BCUT2D eigenvalue weighted by atomic mass is 9.87. The Balaban J connectivity index is 2.68. The fourth-order valence-corrected chi connectivity index (χ4v) is 3.26. The predicted octanol–water partition coefficient (Wildman–Crippen LogP) is 4.36. The molecule has 2 unspecified atom stereocenters. The summed E-state index contributed by atoms with van der Waals surface area (Å²) in [6.45, 7) is 10.8. The second kappa shape index (κ2) is 6.65. The second-order valence-electron chi connectivity index (χ2n) is 6.60. The molecule has 1 rings (SSSR count). The van der Waals surface area contributed by atoms with Crippen LogP contribution in [0.5, 0.6) is 0 Å². The first-order chi connectivity index (χ1) is 9.20. The van der Waals surface area contributed by atoms with E-state index in [0.29, 0.717) is 5.25 Å². The Morgan fingerprint density at radius 2 is 1.75 bits per heavy atom. The first-order valence-corrected chi connectivity index (χ1v) is 7.95. The Kier molecular flexibility index (Phi) is 5.68. The number of rotatable bonds is 5. The molecule has 1 aromatic carbocycles. The van der Waals surface area contributed by atoms with E-state index < -0.39 is 5.54 Å². The summed E-state index contributed by atoms with van der Waals surface area (Å²) in [5.41, 5.74) is 1.10. The van der Waals surface area contributed by atoms with E-state index >= 15 is 0 Å². The Hall–Kier alpha value is -0.980. The van der Waals surface area contributed by atoms with Gasteiger partial charge in [-0.1, -0.05) is 39.8 Å². The van der Waals surface area contributed by atoms with Gasteiger partial charge in [0, 0.05) is 10.1 Å². The number of nitrogens with zero attached hydrogens (tertiary/aromatic N) is 1. The van der Waals surface area contributed by atoms with Crippen molar-refractivity contribution in [3.05, 3.63) is 29.8 Å². The lowest BCUT2D eigenvalue weighted by Crippen LogP contribution is -2.40. The van der Waals surface area contributed by atoms with Crippen LogP contribution in [0.2, 0.25) is 0 Å². The van der Waals surface area contributed by atoms with Gasteiger partial charge in [0.15, 0.2) is 0 Å². The number of benzene rings is 1. The minimum atomic E-state index is -0.447. The van der Waals surface area contributed by atoms with E-state index in [4.69, 9.17) is 0 Å². The Morgan fingerprint density at radius 1 is 1.20 bits per heavy atom. The molecule has 0 bridgehead atoms. The van der Waals surface area contributed by atoms with E-state index in [-0.39, 0.29) is 5.41 Å². The monoisotopic (exact) mass is 290 g/mol. The fraction of sp³-hybridized carbons (Fsp3) is 0.588. The standard InChI is InChI=1S/C17H26N2S/c1-13(11-17(5,12-18)19-6)20-15-9-7-14(8-10-15)16(2,3)4/h7-10,13,19H,11H2,1-6H3. The maximum atomic E-state index is 9.20. The van der Waals surface area contributed by atoms with E-state index in [1.165, 1.54) is 10.5 Å². The first-order valence-electron chi connectivity index (χ1n) is 7.07. The molecule has 0 amide bonds. The molecule has 0 aliphatic carbocycles. The van der Waals surface area contributed by atoms with Crippen LogP contribution in [0.3, 0.4) is 0 Å². The average Bonchev–Trinajstić information content (AvgIpc) is 2.38. The van der Waals surface area contributed by atoms with Crippen molar-refractivity contribution < 1.29 is 0 Å². The molecule has 0 saturated carbocycles. The molecular weight excluding hydrogens is 264 g/mol. The van der Waals surface area contributed by atoms with Gasteiger partial charge in [0.1, 0.15) is 5.54 Å². The highest BCUT2D eigenvalue weighted by atomic mass is 32.2. The summed E-state index contributed by atoms with van der Waals surface area (Å²) in [6.07, 6.45) is 0.825. The van der Waals surface area contributed by atoms with Crippen molar-refractivity contribution in [1.29, 1.82) is 5.26 Å². The van der Waals surface area contributed by atoms with E-state index in [0.717, 1.165) is 6.42 Å². The third-order valence-electron chi connectivity index (χ3n) is 3.55. The van der Waals surface area contributed by atoms with Crippen LogP contribution in [-0.4, -0.2) is 17.8 Å². The highest BCUT2D eigenvalue weighted by Gasteiger charge is 2.24. The van der Waals surface area contributed by atoms with Crippen LogP contribution in [0.15, 0.2) is 29.2 Å². The second-order valence-corrected chi connectivity index (χ2v) is 8.11. The molecule has 110 valence electrons. The number of thioether (sulfide) groups is 1. The normalized spacial score (nSPS) is 16.2. The van der Waals surface area contributed by atoms with Gasteiger partial charge in [-0.25, -0.2) is 0 Å². The van der Waals surface area contributed by atoms with Gasteiger partial charge in [-0.3, -0.25) is 0 Å². The van der Waals surface area contributed by atoms with E-state index in [2.05, 4.69) is 63.3 Å². The van der Waals surface area contributed by atoms with Gasteiger partial charge in [0.2, 0.25) is 0 Å². The van der Waals surface area contributed by atoms with Crippen LogP contribution in [0.1, 0.15) is 46.6 Å². The lowest BCUT2D eigenvalue weighted by Gasteiger charge is -2.24. The molecule has 0 saturated heterocycles. The smallest absolute Gasteiger partial charge is 0.104 e. The Labute approximate surface area is 128 Å². The van der Waals surface area contributed by atoms with Crippen molar-refractivity contribution in [2.24, 2.45) is 0 Å². The molecule has 0 heterocycles. The van der Waals surface area contributed by atoms with Crippen LogP contribution in [0.4, 0.5) is 0 Å². The third kappa shape index (κ3) is 4.85. The third-order valence-corrected chi connectivity index (χ3v) is 4.67. The Bertz CT molecular complexity index is 467. The SMILES string of the molecule is CNC(C)(C#N)CC(C)Sc1ccc(C(C)(C)C)cc1. The lowest BCUT2D eigenvalue weighted by molar-refractivity contribution is 0.455. The maximum absolute atomic E-state index is 9.20. The van der Waals surface area contributed by atoms with Crippen molar-refractivity contribution in [2.45, 2.75) is 62.1 Å². The molecular formula is C17H26N2S. The summed E-state index contributed by atoms with van der Waals surface area (Å²) in [6, 6.07) is 11.1. The molecule has 2 nitrogen and oxygen atoms in total. The summed E-state index contributed by atoms with van der Waals surface area (Å²) >= 11 is 1.83. The highest BCUT2D eigenvalue weighted by molar-refractivity contribution is 7.99. The molecule has 3 heteroatoms. The van der Waals surface area contributed by atoms with Gasteiger partial charge in [0.25, 0.3) is 0 Å². The molecule has 0 aliphatic rings. The molecule has 0 aromatic heterocycles. The summed E-state index contributed by atoms with van der Waals surface area (Å²) in [4.78, 5) is 1.27. The van der Waals surface area contributed by atoms with Crippen molar-refractivity contribution in [3.8, 4) is 6.07 Å². The minimum Gasteiger partial charge on any atom is -0.303 e. The summed E-state index contributed by atoms with van der Waals surface area (Å²) < 4.78 is 0. The number of nitriles is 1. The van der Waals surface area contributed by atoms with E-state index in [9.17, 15) is 5.26 Å². The number of hydrogen-bond acceptors (Lipinski definition) is 3. The Morgan fingerprint density at radius 3 is 2.15 bits per heavy atom. The molecule has 1 N–H and O–H groups in total. The van der Waals surface area contributed by atoms with Crippen molar-refractivity contribution in [2.75, 3.05) is 7.05 Å². The summed E-state index contributed by atoms with van der Waals surface area (Å²) in [7, 11) is 1.85. The first kappa shape index (κ1) is 17.1. The molecule has 0 aliphatic heterocycles. The zero-order chi connectivity index (χ0) is 15.4. The zero-order valence-electron chi connectivity index (χ0n) is 13.4.